The molecule has 2 N–H and O–H groups in total. The number of benzene rings is 1. The maximum Gasteiger partial charge on any atom is 0.144 e. The monoisotopic (exact) mass is 308 g/mol. The largest absolute Gasteiger partial charge is 0.384 e. The van der Waals surface area contributed by atoms with Crippen molar-refractivity contribution in [1.82, 2.24) is 14.9 Å². The molecular formula is C19H24N4. The molecule has 23 heavy (non-hydrogen) atoms. The van der Waals surface area contributed by atoms with Crippen LogP contribution >= 0.6 is 0 Å². The van der Waals surface area contributed by atoms with Gasteiger partial charge in [0.25, 0.3) is 0 Å². The molecule has 1 aliphatic heterocycles. The van der Waals surface area contributed by atoms with Gasteiger partial charge in [-0.1, -0.05) is 49.6 Å². The molecule has 0 radical (unpaired) electrons. The van der Waals surface area contributed by atoms with Gasteiger partial charge in [-0.15, -0.1) is 0 Å². The summed E-state index contributed by atoms with van der Waals surface area (Å²) in [6, 6.07) is 13.2. The van der Waals surface area contributed by atoms with Crippen molar-refractivity contribution in [3.63, 3.8) is 0 Å². The van der Waals surface area contributed by atoms with E-state index < -0.39 is 0 Å². The predicted octanol–water partition coefficient (Wildman–Crippen LogP) is 3.57. The van der Waals surface area contributed by atoms with Gasteiger partial charge in [0.1, 0.15) is 11.6 Å². The molecule has 4 rings (SSSR count). The number of anilines is 1. The molecule has 0 bridgehead atoms. The molecule has 1 aliphatic carbocycles. The second-order valence-electron chi connectivity index (χ2n) is 7.04. The van der Waals surface area contributed by atoms with Crippen molar-refractivity contribution in [2.24, 2.45) is 5.41 Å². The van der Waals surface area contributed by atoms with E-state index in [-0.39, 0.29) is 0 Å². The summed E-state index contributed by atoms with van der Waals surface area (Å²) in [5, 5.41) is 0. The van der Waals surface area contributed by atoms with E-state index in [9.17, 15) is 0 Å². The summed E-state index contributed by atoms with van der Waals surface area (Å²) < 4.78 is 0. The van der Waals surface area contributed by atoms with Crippen LogP contribution in [0.4, 0.5) is 5.82 Å². The van der Waals surface area contributed by atoms with E-state index in [1.165, 1.54) is 37.7 Å². The fourth-order valence-corrected chi connectivity index (χ4v) is 4.56. The highest BCUT2D eigenvalue weighted by Crippen LogP contribution is 2.57. The Hall–Kier alpha value is -1.94. The van der Waals surface area contributed by atoms with E-state index in [1.807, 2.05) is 0 Å². The van der Waals surface area contributed by atoms with Crippen LogP contribution in [0.3, 0.4) is 0 Å². The highest BCUT2D eigenvalue weighted by atomic mass is 15.3. The minimum Gasteiger partial charge on any atom is -0.384 e. The lowest BCUT2D eigenvalue weighted by Gasteiger charge is -2.59. The minimum atomic E-state index is 0.458. The summed E-state index contributed by atoms with van der Waals surface area (Å²) in [7, 11) is 0. The molecule has 2 aliphatic rings. The first-order valence-corrected chi connectivity index (χ1v) is 8.63. The molecule has 2 fully saturated rings. The Morgan fingerprint density at radius 3 is 2.61 bits per heavy atom. The van der Waals surface area contributed by atoms with Crippen LogP contribution in [0.15, 0.2) is 42.6 Å². The van der Waals surface area contributed by atoms with Crippen LogP contribution < -0.4 is 5.73 Å². The van der Waals surface area contributed by atoms with Crippen LogP contribution in [0.2, 0.25) is 0 Å². The smallest absolute Gasteiger partial charge is 0.144 e. The van der Waals surface area contributed by atoms with Gasteiger partial charge in [-0.2, -0.15) is 0 Å². The Morgan fingerprint density at radius 2 is 1.87 bits per heavy atom. The van der Waals surface area contributed by atoms with Gasteiger partial charge in [-0.25, -0.2) is 9.97 Å². The molecule has 1 atom stereocenters. The second-order valence-corrected chi connectivity index (χ2v) is 7.04. The van der Waals surface area contributed by atoms with Gasteiger partial charge in [0, 0.05) is 24.2 Å². The summed E-state index contributed by atoms with van der Waals surface area (Å²) in [5.41, 5.74) is 7.70. The maximum absolute atomic E-state index is 5.81. The van der Waals surface area contributed by atoms with Crippen molar-refractivity contribution in [2.75, 3.05) is 12.3 Å². The van der Waals surface area contributed by atoms with Crippen molar-refractivity contribution in [2.45, 2.75) is 44.7 Å². The van der Waals surface area contributed by atoms with Crippen LogP contribution in [0, 0.1) is 5.41 Å². The molecule has 4 heteroatoms. The van der Waals surface area contributed by atoms with E-state index in [0.29, 0.717) is 17.3 Å². The van der Waals surface area contributed by atoms with E-state index >= 15 is 0 Å². The Kier molecular flexibility index (Phi) is 3.77. The Bertz CT molecular complexity index is 664. The molecule has 0 amide bonds. The molecule has 120 valence electrons. The number of nitrogens with zero attached hydrogens (tertiary/aromatic N) is 3. The lowest BCUT2D eigenvalue weighted by molar-refractivity contribution is -0.107. The van der Waals surface area contributed by atoms with Gasteiger partial charge >= 0.3 is 0 Å². The third-order valence-corrected chi connectivity index (χ3v) is 5.50. The average Bonchev–Trinajstić information content (AvgIpc) is 2.56. The zero-order chi connectivity index (χ0) is 15.7. The quantitative estimate of drug-likeness (QED) is 0.942. The lowest BCUT2D eigenvalue weighted by atomic mass is 9.61. The highest BCUT2D eigenvalue weighted by Gasteiger charge is 2.52. The standard InChI is InChI=1S/C19H24N4/c20-16-9-12-21-17(22-16)13-23-14-19(10-5-2-6-11-19)18(23)15-7-3-1-4-8-15/h1,3-4,7-9,12,18H,2,5-6,10-11,13-14H2,(H2,20,21,22). The molecular weight excluding hydrogens is 284 g/mol. The van der Waals surface area contributed by atoms with Gasteiger partial charge in [0.15, 0.2) is 0 Å². The molecule has 2 aromatic rings. The van der Waals surface area contributed by atoms with E-state index in [2.05, 4.69) is 45.2 Å². The number of aromatic nitrogens is 2. The topological polar surface area (TPSA) is 55.0 Å². The Morgan fingerprint density at radius 1 is 1.09 bits per heavy atom. The van der Waals surface area contributed by atoms with Crippen LogP contribution in [0.25, 0.3) is 0 Å². The first kappa shape index (κ1) is 14.6. The van der Waals surface area contributed by atoms with Crippen molar-refractivity contribution in [3.05, 3.63) is 54.0 Å². The molecule has 1 aromatic heterocycles. The third-order valence-electron chi connectivity index (χ3n) is 5.50. The molecule has 2 heterocycles. The second kappa shape index (κ2) is 5.93. The van der Waals surface area contributed by atoms with Gasteiger partial charge in [-0.3, -0.25) is 4.90 Å². The van der Waals surface area contributed by atoms with Crippen LogP contribution in [-0.4, -0.2) is 21.4 Å². The van der Waals surface area contributed by atoms with Gasteiger partial charge < -0.3 is 5.73 Å². The normalized spacial score (nSPS) is 23.6. The van der Waals surface area contributed by atoms with Gasteiger partial charge in [-0.05, 0) is 24.5 Å². The van der Waals surface area contributed by atoms with Crippen molar-refractivity contribution >= 4 is 5.82 Å². The summed E-state index contributed by atoms with van der Waals surface area (Å²) in [5.74, 6) is 1.38. The first-order chi connectivity index (χ1) is 11.3. The summed E-state index contributed by atoms with van der Waals surface area (Å²) in [4.78, 5) is 11.3. The van der Waals surface area contributed by atoms with Crippen LogP contribution in [0.1, 0.15) is 49.5 Å². The number of hydrogen-bond donors (Lipinski definition) is 1. The number of nitrogens with two attached hydrogens (primary N) is 1. The molecule has 4 nitrogen and oxygen atoms in total. The fraction of sp³-hybridized carbons (Fsp3) is 0.474. The van der Waals surface area contributed by atoms with Crippen molar-refractivity contribution in [1.29, 1.82) is 0 Å². The Balaban J connectivity index is 1.60. The lowest BCUT2D eigenvalue weighted by Crippen LogP contribution is -2.58. The summed E-state index contributed by atoms with van der Waals surface area (Å²) >= 11 is 0. The van der Waals surface area contributed by atoms with Gasteiger partial charge in [0.2, 0.25) is 0 Å². The zero-order valence-electron chi connectivity index (χ0n) is 13.5. The number of nitrogen functional groups attached to an aromatic ring is 1. The Labute approximate surface area is 137 Å². The number of rotatable bonds is 3. The average molecular weight is 308 g/mol. The zero-order valence-corrected chi connectivity index (χ0v) is 13.5. The van der Waals surface area contributed by atoms with E-state index in [0.717, 1.165) is 18.9 Å². The fourth-order valence-electron chi connectivity index (χ4n) is 4.56. The number of likely N-dealkylation sites (tertiary alicyclic amines) is 1. The van der Waals surface area contributed by atoms with Crippen LogP contribution in [0.5, 0.6) is 0 Å². The van der Waals surface area contributed by atoms with Crippen molar-refractivity contribution < 1.29 is 0 Å². The van der Waals surface area contributed by atoms with Crippen molar-refractivity contribution in [3.8, 4) is 0 Å². The van der Waals surface area contributed by atoms with Crippen LogP contribution in [-0.2, 0) is 6.54 Å². The first-order valence-electron chi connectivity index (χ1n) is 8.63. The summed E-state index contributed by atoms with van der Waals surface area (Å²) in [6.07, 6.45) is 8.58. The minimum absolute atomic E-state index is 0.458. The SMILES string of the molecule is Nc1ccnc(CN2CC3(CCCCC3)C2c2ccccc2)n1. The molecule has 1 spiro atoms. The highest BCUT2D eigenvalue weighted by molar-refractivity contribution is 5.28. The third kappa shape index (κ3) is 2.72. The molecule has 1 saturated carbocycles. The van der Waals surface area contributed by atoms with Gasteiger partial charge in [0.05, 0.1) is 6.54 Å². The molecule has 1 aromatic carbocycles. The predicted molar refractivity (Wildman–Crippen MR) is 91.6 cm³/mol. The maximum atomic E-state index is 5.81. The van der Waals surface area contributed by atoms with E-state index in [4.69, 9.17) is 5.73 Å². The molecule has 1 unspecified atom stereocenters. The molecule has 1 saturated heterocycles. The van der Waals surface area contributed by atoms with E-state index in [1.54, 1.807) is 12.3 Å². The summed E-state index contributed by atoms with van der Waals surface area (Å²) in [6.45, 7) is 1.94. The number of hydrogen-bond acceptors (Lipinski definition) is 4.